The summed E-state index contributed by atoms with van der Waals surface area (Å²) in [6.07, 6.45) is 1.03. The van der Waals surface area contributed by atoms with Crippen LogP contribution in [-0.2, 0) is 0 Å². The van der Waals surface area contributed by atoms with Gasteiger partial charge in [0, 0.05) is 5.22 Å². The van der Waals surface area contributed by atoms with Crippen LogP contribution in [0.3, 0.4) is 0 Å². The van der Waals surface area contributed by atoms with Gasteiger partial charge in [-0.3, -0.25) is 0 Å². The third-order valence-electron chi connectivity index (χ3n) is 1.53. The van der Waals surface area contributed by atoms with Gasteiger partial charge >= 0.3 is 0 Å². The van der Waals surface area contributed by atoms with Crippen molar-refractivity contribution in [2.75, 3.05) is 0 Å². The van der Waals surface area contributed by atoms with Crippen molar-refractivity contribution in [1.29, 1.82) is 0 Å². The maximum absolute atomic E-state index is 13.0. The highest BCUT2D eigenvalue weighted by molar-refractivity contribution is 5.41. The minimum Gasteiger partial charge on any atom is -0.509 e. The molecule has 0 fully saturated rings. The summed E-state index contributed by atoms with van der Waals surface area (Å²) in [5, 5.41) is 9.00. The molecule has 0 atom stereocenters. The first-order valence-electron chi connectivity index (χ1n) is 3.55. The third-order valence-corrected chi connectivity index (χ3v) is 1.53. The lowest BCUT2D eigenvalue weighted by molar-refractivity contribution is 0.443. The number of allylic oxidation sites excluding steroid dienone is 1. The molecule has 0 amide bonds. The second-order valence-corrected chi connectivity index (χ2v) is 2.57. The first kappa shape index (κ1) is 9.45. The Morgan fingerprint density at radius 3 is 2.54 bits per heavy atom. The summed E-state index contributed by atoms with van der Waals surface area (Å²) < 4.78 is 25.7. The summed E-state index contributed by atoms with van der Waals surface area (Å²) in [6.45, 7) is 6.63. The van der Waals surface area contributed by atoms with Crippen LogP contribution in [0.2, 0.25) is 0 Å². The fourth-order valence-corrected chi connectivity index (χ4v) is 0.929. The van der Waals surface area contributed by atoms with Gasteiger partial charge in [-0.25, -0.2) is 8.78 Å². The zero-order chi connectivity index (χ0) is 10.0. The molecule has 0 unspecified atom stereocenters. The normalized spacial score (nSPS) is 11.7. The maximum atomic E-state index is 13.0. The summed E-state index contributed by atoms with van der Waals surface area (Å²) in [6, 6.07) is 2.31. The first-order chi connectivity index (χ1) is 6.02. The highest BCUT2D eigenvalue weighted by Gasteiger charge is 2.02. The zero-order valence-electron chi connectivity index (χ0n) is 6.85. The van der Waals surface area contributed by atoms with E-state index in [9.17, 15) is 8.78 Å². The van der Waals surface area contributed by atoms with Crippen molar-refractivity contribution < 1.29 is 13.9 Å². The Kier molecular flexibility index (Phi) is 2.46. The summed E-state index contributed by atoms with van der Waals surface area (Å²) in [4.78, 5) is 0. The lowest BCUT2D eigenvalue weighted by Crippen LogP contribution is -2.28. The van der Waals surface area contributed by atoms with E-state index in [1.165, 1.54) is 6.07 Å². The predicted molar refractivity (Wildman–Crippen MR) is 47.4 cm³/mol. The molecule has 3 heteroatoms. The van der Waals surface area contributed by atoms with Gasteiger partial charge in [0.2, 0.25) is 0 Å². The van der Waals surface area contributed by atoms with Gasteiger partial charge in [-0.15, -0.1) is 0 Å². The van der Waals surface area contributed by atoms with E-state index in [0.29, 0.717) is 5.22 Å². The Morgan fingerprint density at radius 1 is 1.38 bits per heavy atom. The minimum absolute atomic E-state index is 0.0764. The number of hydrogen-bond donors (Lipinski definition) is 1. The number of aliphatic hydroxyl groups is 1. The molecule has 0 aliphatic rings. The molecule has 0 heterocycles. The molecule has 0 aliphatic carbocycles. The van der Waals surface area contributed by atoms with E-state index in [0.717, 1.165) is 12.1 Å². The molecule has 1 N–H and O–H groups in total. The standard InChI is InChI=1S/C10H8F2O/c1-6-3-4-9(11)10(12)8(6)5-7(2)13/h3-5,13H,1-2H2/b8-5+. The second-order valence-electron chi connectivity index (χ2n) is 2.57. The molecule has 0 radical (unpaired) electrons. The Hall–Kier alpha value is -1.64. The lowest BCUT2D eigenvalue weighted by Gasteiger charge is -1.94. The van der Waals surface area contributed by atoms with Gasteiger partial charge in [0.25, 0.3) is 0 Å². The number of aliphatic hydroxyl groups excluding tert-OH is 1. The monoisotopic (exact) mass is 182 g/mol. The van der Waals surface area contributed by atoms with E-state index >= 15 is 0 Å². The van der Waals surface area contributed by atoms with Gasteiger partial charge in [0.15, 0.2) is 11.6 Å². The molecule has 0 bridgehead atoms. The Morgan fingerprint density at radius 2 is 2.00 bits per heavy atom. The SMILES string of the molecule is C=C(O)/C=c1/c(F)c(F)ccc1=C. The molecule has 0 aliphatic heterocycles. The molecule has 0 saturated carbocycles. The smallest absolute Gasteiger partial charge is 0.166 e. The molecular weight excluding hydrogens is 174 g/mol. The summed E-state index contributed by atoms with van der Waals surface area (Å²) in [7, 11) is 0. The van der Waals surface area contributed by atoms with Gasteiger partial charge in [-0.2, -0.15) is 0 Å². The van der Waals surface area contributed by atoms with Crippen LogP contribution in [0.15, 0.2) is 24.5 Å². The molecule has 1 aromatic rings. The van der Waals surface area contributed by atoms with E-state index in [2.05, 4.69) is 13.2 Å². The molecule has 0 saturated heterocycles. The van der Waals surface area contributed by atoms with Crippen molar-refractivity contribution in [2.24, 2.45) is 0 Å². The predicted octanol–water partition coefficient (Wildman–Crippen LogP) is 1.23. The highest BCUT2D eigenvalue weighted by atomic mass is 19.2. The fourth-order valence-electron chi connectivity index (χ4n) is 0.929. The Balaban J connectivity index is 3.62. The van der Waals surface area contributed by atoms with E-state index in [1.54, 1.807) is 0 Å². The van der Waals surface area contributed by atoms with Gasteiger partial charge in [-0.05, 0) is 17.4 Å². The van der Waals surface area contributed by atoms with Crippen LogP contribution in [0.1, 0.15) is 0 Å². The summed E-state index contributed by atoms with van der Waals surface area (Å²) >= 11 is 0. The first-order valence-corrected chi connectivity index (χ1v) is 3.55. The van der Waals surface area contributed by atoms with Crippen molar-refractivity contribution in [2.45, 2.75) is 0 Å². The Bertz CT molecular complexity index is 449. The van der Waals surface area contributed by atoms with E-state index in [4.69, 9.17) is 5.11 Å². The van der Waals surface area contributed by atoms with Gasteiger partial charge in [0.1, 0.15) is 5.76 Å². The molecule has 1 rings (SSSR count). The molecule has 0 aromatic heterocycles. The van der Waals surface area contributed by atoms with E-state index < -0.39 is 11.6 Å². The van der Waals surface area contributed by atoms with Crippen LogP contribution in [0.4, 0.5) is 8.78 Å². The Labute approximate surface area is 73.9 Å². The van der Waals surface area contributed by atoms with Crippen LogP contribution >= 0.6 is 0 Å². The average molecular weight is 182 g/mol. The maximum Gasteiger partial charge on any atom is 0.166 e. The quantitative estimate of drug-likeness (QED) is 0.647. The third kappa shape index (κ3) is 1.93. The van der Waals surface area contributed by atoms with Crippen LogP contribution in [0.5, 0.6) is 0 Å². The molecule has 13 heavy (non-hydrogen) atoms. The average Bonchev–Trinajstić information content (AvgIpc) is 2.05. The zero-order valence-corrected chi connectivity index (χ0v) is 6.85. The second kappa shape index (κ2) is 3.39. The number of hydrogen-bond acceptors (Lipinski definition) is 1. The largest absolute Gasteiger partial charge is 0.509 e. The molecule has 1 aromatic carbocycles. The number of benzene rings is 1. The molecule has 1 nitrogen and oxygen atoms in total. The topological polar surface area (TPSA) is 20.2 Å². The van der Waals surface area contributed by atoms with Crippen molar-refractivity contribution in [3.05, 3.63) is 46.5 Å². The van der Waals surface area contributed by atoms with Gasteiger partial charge < -0.3 is 5.11 Å². The van der Waals surface area contributed by atoms with Crippen molar-refractivity contribution in [3.63, 3.8) is 0 Å². The van der Waals surface area contributed by atoms with Gasteiger partial charge in [0.05, 0.1) is 0 Å². The fraction of sp³-hybridized carbons (Fsp3) is 0. The van der Waals surface area contributed by atoms with E-state index in [1.807, 2.05) is 0 Å². The van der Waals surface area contributed by atoms with Crippen LogP contribution in [-0.4, -0.2) is 5.11 Å². The van der Waals surface area contributed by atoms with Crippen molar-refractivity contribution >= 4 is 12.7 Å². The highest BCUT2D eigenvalue weighted by Crippen LogP contribution is 1.96. The number of rotatable bonds is 1. The van der Waals surface area contributed by atoms with E-state index in [-0.39, 0.29) is 11.0 Å². The van der Waals surface area contributed by atoms with Crippen molar-refractivity contribution in [1.82, 2.24) is 0 Å². The minimum atomic E-state index is -1.03. The lowest BCUT2D eigenvalue weighted by atomic mass is 10.2. The molecule has 0 spiro atoms. The molecular formula is C10H8F2O. The van der Waals surface area contributed by atoms with Crippen LogP contribution < -0.4 is 10.4 Å². The van der Waals surface area contributed by atoms with Gasteiger partial charge in [-0.1, -0.05) is 19.2 Å². The molecule has 68 valence electrons. The summed E-state index contributed by atoms with van der Waals surface area (Å²) in [5.41, 5.74) is 0. The number of halogens is 2. The summed E-state index contributed by atoms with van der Waals surface area (Å²) in [5.74, 6) is -2.34. The van der Waals surface area contributed by atoms with Crippen LogP contribution in [0, 0.1) is 11.6 Å². The van der Waals surface area contributed by atoms with Crippen LogP contribution in [0.25, 0.3) is 12.7 Å². The van der Waals surface area contributed by atoms with Crippen molar-refractivity contribution in [3.8, 4) is 0 Å².